The molecular formula is C9H14N4O4S. The Labute approximate surface area is 105 Å². The molecule has 18 heavy (non-hydrogen) atoms. The lowest BCUT2D eigenvalue weighted by Crippen LogP contribution is -2.26. The Morgan fingerprint density at radius 1 is 1.44 bits per heavy atom. The molecule has 0 fully saturated rings. The molecule has 0 aliphatic rings. The van der Waals surface area contributed by atoms with Crippen molar-refractivity contribution in [1.29, 1.82) is 0 Å². The van der Waals surface area contributed by atoms with Crippen molar-refractivity contribution < 1.29 is 17.9 Å². The van der Waals surface area contributed by atoms with E-state index in [0.717, 1.165) is 0 Å². The molecule has 1 rings (SSSR count). The minimum absolute atomic E-state index is 0.0546. The number of carbonyl (C=O) groups excluding carboxylic acids is 1. The molecule has 1 aromatic heterocycles. The van der Waals surface area contributed by atoms with Crippen LogP contribution < -0.4 is 10.0 Å². The van der Waals surface area contributed by atoms with E-state index in [2.05, 4.69) is 24.7 Å². The van der Waals surface area contributed by atoms with E-state index < -0.39 is 16.0 Å². The molecule has 0 aliphatic heterocycles. The Hall–Kier alpha value is -1.74. The average Bonchev–Trinajstić information content (AvgIpc) is 2.38. The maximum absolute atomic E-state index is 11.2. The Morgan fingerprint density at radius 3 is 2.78 bits per heavy atom. The molecule has 0 aliphatic carbocycles. The SMILES string of the molecule is CNS(=O)(=O)CCNc1cncc(C(=O)OC)n1. The molecule has 0 spiro atoms. The number of ether oxygens (including phenoxy) is 1. The van der Waals surface area contributed by atoms with E-state index in [4.69, 9.17) is 0 Å². The molecule has 1 heterocycles. The van der Waals surface area contributed by atoms with Crippen molar-refractivity contribution in [1.82, 2.24) is 14.7 Å². The highest BCUT2D eigenvalue weighted by Gasteiger charge is 2.09. The first-order valence-electron chi connectivity index (χ1n) is 5.04. The number of methoxy groups -OCH3 is 1. The van der Waals surface area contributed by atoms with Crippen LogP contribution in [-0.2, 0) is 14.8 Å². The highest BCUT2D eigenvalue weighted by molar-refractivity contribution is 7.89. The van der Waals surface area contributed by atoms with Gasteiger partial charge in [-0.1, -0.05) is 0 Å². The first-order valence-corrected chi connectivity index (χ1v) is 6.69. The van der Waals surface area contributed by atoms with Crippen molar-refractivity contribution >= 4 is 21.8 Å². The van der Waals surface area contributed by atoms with Gasteiger partial charge >= 0.3 is 5.97 Å². The molecule has 0 radical (unpaired) electrons. The number of nitrogens with one attached hydrogen (secondary N) is 2. The molecule has 0 unspecified atom stereocenters. The Morgan fingerprint density at radius 2 is 2.17 bits per heavy atom. The molecule has 0 saturated carbocycles. The predicted octanol–water partition coefficient (Wildman–Crippen LogP) is -0.776. The van der Waals surface area contributed by atoms with Crippen LogP contribution in [0.5, 0.6) is 0 Å². The first-order chi connectivity index (χ1) is 8.48. The zero-order valence-corrected chi connectivity index (χ0v) is 10.8. The van der Waals surface area contributed by atoms with Crippen LogP contribution >= 0.6 is 0 Å². The topological polar surface area (TPSA) is 110 Å². The van der Waals surface area contributed by atoms with Gasteiger partial charge in [-0.05, 0) is 7.05 Å². The highest BCUT2D eigenvalue weighted by atomic mass is 32.2. The number of anilines is 1. The van der Waals surface area contributed by atoms with Crippen LogP contribution in [0.2, 0.25) is 0 Å². The highest BCUT2D eigenvalue weighted by Crippen LogP contribution is 2.03. The number of aromatic nitrogens is 2. The van der Waals surface area contributed by atoms with Gasteiger partial charge in [-0.25, -0.2) is 22.9 Å². The molecule has 0 amide bonds. The lowest BCUT2D eigenvalue weighted by Gasteiger charge is -2.06. The number of carbonyl (C=O) groups is 1. The molecule has 100 valence electrons. The van der Waals surface area contributed by atoms with Crippen LogP contribution in [0.4, 0.5) is 5.82 Å². The standard InChI is InChI=1S/C9H14N4O4S/c1-10-18(15,16)4-3-12-8-6-11-5-7(13-8)9(14)17-2/h5-6,10H,3-4H2,1-2H3,(H,12,13). The lowest BCUT2D eigenvalue weighted by molar-refractivity contribution is 0.0593. The van der Waals surface area contributed by atoms with Gasteiger partial charge in [0.2, 0.25) is 10.0 Å². The summed E-state index contributed by atoms with van der Waals surface area (Å²) in [5.74, 6) is -0.397. The molecule has 0 aromatic carbocycles. The second-order valence-corrected chi connectivity index (χ2v) is 5.28. The van der Waals surface area contributed by atoms with Crippen LogP contribution in [0.25, 0.3) is 0 Å². The Bertz CT molecular complexity index is 517. The number of hydrogen-bond donors (Lipinski definition) is 2. The van der Waals surface area contributed by atoms with Gasteiger partial charge in [0.15, 0.2) is 5.69 Å². The fourth-order valence-corrected chi connectivity index (χ4v) is 1.64. The minimum atomic E-state index is -3.27. The molecule has 0 saturated heterocycles. The summed E-state index contributed by atoms with van der Waals surface area (Å²) >= 11 is 0. The van der Waals surface area contributed by atoms with E-state index in [1.165, 1.54) is 26.6 Å². The van der Waals surface area contributed by atoms with Crippen LogP contribution in [0.1, 0.15) is 10.5 Å². The number of rotatable bonds is 6. The van der Waals surface area contributed by atoms with Crippen LogP contribution in [0.3, 0.4) is 0 Å². The smallest absolute Gasteiger partial charge is 0.358 e. The van der Waals surface area contributed by atoms with Crippen LogP contribution in [0, 0.1) is 0 Å². The maximum Gasteiger partial charge on any atom is 0.358 e. The summed E-state index contributed by atoms with van der Waals surface area (Å²) in [6, 6.07) is 0. The number of esters is 1. The molecule has 0 bridgehead atoms. The summed E-state index contributed by atoms with van der Waals surface area (Å²) in [6.07, 6.45) is 2.65. The van der Waals surface area contributed by atoms with Crippen molar-refractivity contribution in [3.05, 3.63) is 18.1 Å². The largest absolute Gasteiger partial charge is 0.464 e. The summed E-state index contributed by atoms with van der Waals surface area (Å²) in [5, 5.41) is 2.75. The van der Waals surface area contributed by atoms with Gasteiger partial charge in [-0.3, -0.25) is 4.98 Å². The third kappa shape index (κ3) is 4.26. The summed E-state index contributed by atoms with van der Waals surface area (Å²) in [6.45, 7) is 0.155. The van der Waals surface area contributed by atoms with Crippen molar-refractivity contribution in [2.24, 2.45) is 0 Å². The summed E-state index contributed by atoms with van der Waals surface area (Å²) in [7, 11) is -0.693. The van der Waals surface area contributed by atoms with Gasteiger partial charge in [0.25, 0.3) is 0 Å². The van der Waals surface area contributed by atoms with Gasteiger partial charge in [-0.2, -0.15) is 0 Å². The number of nitrogens with zero attached hydrogens (tertiary/aromatic N) is 2. The maximum atomic E-state index is 11.2. The van der Waals surface area contributed by atoms with Crippen molar-refractivity contribution in [2.75, 3.05) is 31.8 Å². The average molecular weight is 274 g/mol. The second-order valence-electron chi connectivity index (χ2n) is 3.23. The zero-order valence-electron chi connectivity index (χ0n) is 10.0. The van der Waals surface area contributed by atoms with Gasteiger partial charge in [-0.15, -0.1) is 0 Å². The lowest BCUT2D eigenvalue weighted by atomic mass is 10.4. The van der Waals surface area contributed by atoms with E-state index in [1.54, 1.807) is 0 Å². The van der Waals surface area contributed by atoms with E-state index >= 15 is 0 Å². The van der Waals surface area contributed by atoms with Crippen LogP contribution in [-0.4, -0.2) is 50.8 Å². The quantitative estimate of drug-likeness (QED) is 0.655. The molecule has 2 N–H and O–H groups in total. The number of hydrogen-bond acceptors (Lipinski definition) is 7. The summed E-state index contributed by atoms with van der Waals surface area (Å²) in [5.41, 5.74) is 0.0546. The molecular weight excluding hydrogens is 260 g/mol. The second kappa shape index (κ2) is 6.26. The fourth-order valence-electron chi connectivity index (χ4n) is 1.07. The monoisotopic (exact) mass is 274 g/mol. The van der Waals surface area contributed by atoms with E-state index in [1.807, 2.05) is 0 Å². The van der Waals surface area contributed by atoms with Crippen molar-refractivity contribution in [3.8, 4) is 0 Å². The minimum Gasteiger partial charge on any atom is -0.464 e. The first kappa shape index (κ1) is 14.3. The van der Waals surface area contributed by atoms with Crippen molar-refractivity contribution in [3.63, 3.8) is 0 Å². The van der Waals surface area contributed by atoms with Crippen molar-refractivity contribution in [2.45, 2.75) is 0 Å². The van der Waals surface area contributed by atoms with Gasteiger partial charge in [0, 0.05) is 6.54 Å². The third-order valence-corrected chi connectivity index (χ3v) is 3.38. The zero-order chi connectivity index (χ0) is 13.6. The molecule has 1 aromatic rings. The number of sulfonamides is 1. The van der Waals surface area contributed by atoms with E-state index in [9.17, 15) is 13.2 Å². The summed E-state index contributed by atoms with van der Waals surface area (Å²) in [4.78, 5) is 18.9. The van der Waals surface area contributed by atoms with E-state index in [-0.39, 0.29) is 18.0 Å². The Kier molecular flexibility index (Phi) is 4.98. The van der Waals surface area contributed by atoms with Gasteiger partial charge in [0.1, 0.15) is 5.82 Å². The van der Waals surface area contributed by atoms with Gasteiger partial charge in [0.05, 0.1) is 25.3 Å². The normalized spacial score (nSPS) is 11.0. The molecule has 8 nitrogen and oxygen atoms in total. The third-order valence-electron chi connectivity index (χ3n) is 2.02. The molecule has 9 heteroatoms. The molecule has 0 atom stereocenters. The van der Waals surface area contributed by atoms with Gasteiger partial charge < -0.3 is 10.1 Å². The Balaban J connectivity index is 2.61. The summed E-state index contributed by atoms with van der Waals surface area (Å²) < 4.78 is 29.0. The van der Waals surface area contributed by atoms with Crippen LogP contribution in [0.15, 0.2) is 12.4 Å². The fraction of sp³-hybridized carbons (Fsp3) is 0.444. The predicted molar refractivity (Wildman–Crippen MR) is 64.7 cm³/mol. The van der Waals surface area contributed by atoms with E-state index in [0.29, 0.717) is 5.82 Å².